The fourth-order valence-corrected chi connectivity index (χ4v) is 5.07. The zero-order chi connectivity index (χ0) is 33.4. The van der Waals surface area contributed by atoms with Crippen molar-refractivity contribution in [3.8, 4) is 11.1 Å². The van der Waals surface area contributed by atoms with Gasteiger partial charge in [-0.2, -0.15) is 26.3 Å². The minimum atomic E-state index is -4.82. The first-order valence-corrected chi connectivity index (χ1v) is 13.2. The summed E-state index contributed by atoms with van der Waals surface area (Å²) in [5.74, 6) is -6.21. The lowest BCUT2D eigenvalue weighted by atomic mass is 9.96. The van der Waals surface area contributed by atoms with Crippen LogP contribution in [0.2, 0.25) is 0 Å². The van der Waals surface area contributed by atoms with E-state index in [0.29, 0.717) is 18.3 Å². The van der Waals surface area contributed by atoms with Gasteiger partial charge in [0.1, 0.15) is 35.4 Å². The molecule has 1 amide bonds. The highest BCUT2D eigenvalue weighted by Gasteiger charge is 2.47. The molecule has 45 heavy (non-hydrogen) atoms. The molecule has 3 atom stereocenters. The van der Waals surface area contributed by atoms with Crippen molar-refractivity contribution >= 4 is 11.9 Å². The molecular formula is C29H25F8N3O5. The third-order valence-electron chi connectivity index (χ3n) is 7.27. The topological polar surface area (TPSA) is 110 Å². The molecule has 1 aliphatic heterocycles. The maximum Gasteiger partial charge on any atom is 0.418 e. The van der Waals surface area contributed by atoms with E-state index in [-0.39, 0.29) is 35.4 Å². The Bertz CT molecular complexity index is 1650. The van der Waals surface area contributed by atoms with E-state index in [1.807, 2.05) is 5.32 Å². The maximum absolute atomic E-state index is 14.9. The molecule has 1 aromatic heterocycles. The number of morpholine rings is 1. The predicted octanol–water partition coefficient (Wildman–Crippen LogP) is 4.68. The van der Waals surface area contributed by atoms with Crippen LogP contribution in [0.15, 0.2) is 47.4 Å². The van der Waals surface area contributed by atoms with E-state index in [1.165, 1.54) is 24.3 Å². The van der Waals surface area contributed by atoms with Gasteiger partial charge in [0.2, 0.25) is 0 Å². The van der Waals surface area contributed by atoms with Crippen LogP contribution in [0.5, 0.6) is 0 Å². The first kappa shape index (κ1) is 33.6. The molecule has 4 rings (SSSR count). The zero-order valence-corrected chi connectivity index (χ0v) is 23.4. The number of rotatable bonds is 7. The Labute approximate surface area is 249 Å². The van der Waals surface area contributed by atoms with E-state index in [4.69, 9.17) is 4.74 Å². The molecule has 8 nitrogen and oxygen atoms in total. The highest BCUT2D eigenvalue weighted by molar-refractivity contribution is 5.97. The summed E-state index contributed by atoms with van der Waals surface area (Å²) in [5.41, 5.74) is -3.71. The number of hydrogen-bond acceptors (Lipinski definition) is 5. The number of carbonyl (C=O) groups is 2. The monoisotopic (exact) mass is 647 g/mol. The van der Waals surface area contributed by atoms with Crippen LogP contribution in [0.1, 0.15) is 38.7 Å². The zero-order valence-electron chi connectivity index (χ0n) is 23.4. The highest BCUT2D eigenvalue weighted by Crippen LogP contribution is 2.36. The van der Waals surface area contributed by atoms with E-state index in [9.17, 15) is 54.6 Å². The van der Waals surface area contributed by atoms with Crippen LogP contribution in [0, 0.1) is 18.6 Å². The molecule has 3 aromatic rings. The van der Waals surface area contributed by atoms with E-state index >= 15 is 0 Å². The number of halogens is 8. The van der Waals surface area contributed by atoms with Crippen molar-refractivity contribution in [3.05, 3.63) is 92.4 Å². The van der Waals surface area contributed by atoms with Crippen LogP contribution in [-0.2, 0) is 29.2 Å². The summed E-state index contributed by atoms with van der Waals surface area (Å²) < 4.78 is 116. The third kappa shape index (κ3) is 7.17. The summed E-state index contributed by atoms with van der Waals surface area (Å²) in [5, 5.41) is 13.8. The highest BCUT2D eigenvalue weighted by atomic mass is 19.4. The Hall–Kier alpha value is -4.31. The Morgan fingerprint density at radius 1 is 1.09 bits per heavy atom. The van der Waals surface area contributed by atoms with Crippen LogP contribution >= 0.6 is 0 Å². The van der Waals surface area contributed by atoms with Gasteiger partial charge in [-0.15, -0.1) is 0 Å². The Kier molecular flexibility index (Phi) is 9.40. The lowest BCUT2D eigenvalue weighted by Gasteiger charge is -2.34. The fraction of sp³-hybridized carbons (Fsp3) is 0.345. The number of alkyl halides is 6. The largest absolute Gasteiger partial charge is 0.480 e. The van der Waals surface area contributed by atoms with E-state index in [2.05, 4.69) is 5.32 Å². The van der Waals surface area contributed by atoms with Gasteiger partial charge in [-0.25, -0.2) is 13.6 Å². The molecule has 0 aliphatic carbocycles. The number of carboxylic acid groups (broad SMARTS) is 1. The molecule has 1 fully saturated rings. The first-order valence-electron chi connectivity index (χ1n) is 13.2. The van der Waals surface area contributed by atoms with Gasteiger partial charge in [0.05, 0.1) is 17.7 Å². The smallest absolute Gasteiger partial charge is 0.418 e. The Morgan fingerprint density at radius 2 is 1.69 bits per heavy atom. The van der Waals surface area contributed by atoms with Crippen LogP contribution in [0.3, 0.4) is 0 Å². The second kappa shape index (κ2) is 12.6. The first-order chi connectivity index (χ1) is 20.9. The quantitative estimate of drug-likeness (QED) is 0.322. The number of ether oxygens (including phenoxy) is 1. The molecule has 2 heterocycles. The molecule has 3 N–H and O–H groups in total. The van der Waals surface area contributed by atoms with Crippen molar-refractivity contribution in [2.45, 2.75) is 43.9 Å². The fourth-order valence-electron chi connectivity index (χ4n) is 5.07. The number of benzene rings is 2. The number of nitrogens with one attached hydrogen (secondary N) is 2. The van der Waals surface area contributed by atoms with Crippen LogP contribution in [-0.4, -0.2) is 53.0 Å². The molecule has 0 bridgehead atoms. The van der Waals surface area contributed by atoms with Crippen molar-refractivity contribution in [2.75, 3.05) is 13.2 Å². The summed E-state index contributed by atoms with van der Waals surface area (Å²) in [7, 11) is 1.16. The average molecular weight is 648 g/mol. The number of carboxylic acids is 1. The third-order valence-corrected chi connectivity index (χ3v) is 7.27. The van der Waals surface area contributed by atoms with Crippen molar-refractivity contribution in [1.29, 1.82) is 0 Å². The molecule has 2 aromatic carbocycles. The molecule has 0 spiro atoms. The maximum atomic E-state index is 14.9. The van der Waals surface area contributed by atoms with Crippen molar-refractivity contribution in [2.24, 2.45) is 7.05 Å². The molecule has 0 saturated carbocycles. The van der Waals surface area contributed by atoms with E-state index in [1.54, 1.807) is 0 Å². The SMILES string of the molecule is Cc1c(C(F)(F)F)cn(C)c(=O)c1-c1ccc(CC(NC(=O)c2c(F)cc(C3OCCNC3C(F)(F)F)cc2F)C(=O)O)cc1. The number of aromatic nitrogens is 1. The predicted molar refractivity (Wildman–Crippen MR) is 142 cm³/mol. The second-order valence-electron chi connectivity index (χ2n) is 10.3. The second-order valence-corrected chi connectivity index (χ2v) is 10.3. The van der Waals surface area contributed by atoms with Crippen molar-refractivity contribution in [3.63, 3.8) is 0 Å². The van der Waals surface area contributed by atoms with Crippen LogP contribution < -0.4 is 16.2 Å². The van der Waals surface area contributed by atoms with Crippen molar-refractivity contribution in [1.82, 2.24) is 15.2 Å². The average Bonchev–Trinajstić information content (AvgIpc) is 2.94. The number of hydrogen-bond donors (Lipinski definition) is 3. The van der Waals surface area contributed by atoms with Gasteiger partial charge in [-0.3, -0.25) is 9.59 Å². The standard InChI is InChI=1S/C29H25F8N3O5/c1-13-17(28(32,33)34)12-40(2)26(42)21(13)15-5-3-14(4-6-15)9-20(27(43)44)39-25(41)22-18(30)10-16(11-19(22)31)23-24(29(35,36)37)38-7-8-45-23/h3-6,10-12,20,23-24,38H,7-9H2,1-2H3,(H,39,41)(H,43,44). The van der Waals surface area contributed by atoms with Crippen LogP contribution in [0.25, 0.3) is 11.1 Å². The molecule has 16 heteroatoms. The number of nitrogens with zero attached hydrogens (tertiary/aromatic N) is 1. The van der Waals surface area contributed by atoms with Gasteiger partial charge in [-0.1, -0.05) is 24.3 Å². The minimum Gasteiger partial charge on any atom is -0.480 e. The van der Waals surface area contributed by atoms with Gasteiger partial charge in [0, 0.05) is 26.2 Å². The summed E-state index contributed by atoms with van der Waals surface area (Å²) >= 11 is 0. The molecule has 1 aliphatic rings. The molecule has 1 saturated heterocycles. The lowest BCUT2D eigenvalue weighted by molar-refractivity contribution is -0.197. The van der Waals surface area contributed by atoms with Gasteiger partial charge in [-0.05, 0) is 41.3 Å². The number of pyridine rings is 1. The normalized spacial score (nSPS) is 18.0. The molecular weight excluding hydrogens is 622 g/mol. The molecule has 242 valence electrons. The Balaban J connectivity index is 1.56. The summed E-state index contributed by atoms with van der Waals surface area (Å²) in [6.07, 6.45) is -11.1. The van der Waals surface area contributed by atoms with E-state index < -0.39 is 82.7 Å². The Morgan fingerprint density at radius 3 is 2.22 bits per heavy atom. The summed E-state index contributed by atoms with van der Waals surface area (Å²) in [6.45, 7) is 0.803. The van der Waals surface area contributed by atoms with Crippen LogP contribution in [0.4, 0.5) is 35.1 Å². The van der Waals surface area contributed by atoms with Gasteiger partial charge in [0.25, 0.3) is 11.5 Å². The number of amides is 1. The summed E-state index contributed by atoms with van der Waals surface area (Å²) in [6, 6.07) is 2.16. The molecule has 3 unspecified atom stereocenters. The van der Waals surface area contributed by atoms with Gasteiger partial charge < -0.3 is 25.0 Å². The van der Waals surface area contributed by atoms with Crippen molar-refractivity contribution < 1.29 is 54.6 Å². The number of aliphatic carboxylic acids is 1. The summed E-state index contributed by atoms with van der Waals surface area (Å²) in [4.78, 5) is 37.3. The van der Waals surface area contributed by atoms with Gasteiger partial charge >= 0.3 is 18.3 Å². The lowest BCUT2D eigenvalue weighted by Crippen LogP contribution is -2.52. The molecule has 0 radical (unpaired) electrons. The number of carbonyl (C=O) groups excluding carboxylic acids is 1. The number of aryl methyl sites for hydroxylation is 1. The minimum absolute atomic E-state index is 0.105. The van der Waals surface area contributed by atoms with Gasteiger partial charge in [0.15, 0.2) is 0 Å². The van der Waals surface area contributed by atoms with E-state index in [0.717, 1.165) is 18.5 Å².